The second-order valence-electron chi connectivity index (χ2n) is 11.6. The van der Waals surface area contributed by atoms with Gasteiger partial charge in [-0.25, -0.2) is 33.6 Å². The summed E-state index contributed by atoms with van der Waals surface area (Å²) in [5, 5.41) is 21.6. The molecule has 20 heteroatoms. The highest BCUT2D eigenvalue weighted by Gasteiger charge is 2.54. The van der Waals surface area contributed by atoms with Gasteiger partial charge in [0, 0.05) is 36.5 Å². The summed E-state index contributed by atoms with van der Waals surface area (Å²) in [7, 11) is 0. The number of imide groups is 1. The first-order valence-electron chi connectivity index (χ1n) is 16.0. The fourth-order valence-electron chi connectivity index (χ4n) is 4.34. The number of urea groups is 1. The molecule has 3 amide bonds. The number of ether oxygens (including phenoxy) is 8. The third kappa shape index (κ3) is 12.6. The van der Waals surface area contributed by atoms with Gasteiger partial charge in [-0.3, -0.25) is 9.69 Å². The van der Waals surface area contributed by atoms with E-state index >= 15 is 0 Å². The molecule has 1 aliphatic rings. The summed E-state index contributed by atoms with van der Waals surface area (Å²) in [6, 6.07) is -0.975. The first kappa shape index (κ1) is 47.1. The molecule has 2 N–H and O–H groups in total. The van der Waals surface area contributed by atoms with Crippen LogP contribution in [0.15, 0.2) is 75.9 Å². The minimum atomic E-state index is -2.87. The highest BCUT2D eigenvalue weighted by molar-refractivity contribution is 6.06. The van der Waals surface area contributed by atoms with E-state index in [0.29, 0.717) is 41.4 Å². The van der Waals surface area contributed by atoms with Gasteiger partial charge in [0.1, 0.15) is 5.54 Å². The Hall–Kier alpha value is -5.96. The SMILES string of the molecule is C=CC(=O)OC(OC(=O)C=C)(OC(=O)C=C)C(C)OCC(O)CN1C(=O)N(CC(O)COC(C)C(OC(=O)C=C)(OC(=O)C=C)OC(=O)C=C)C(C)(C)C1=O. The normalized spacial score (nSPS) is 15.9. The van der Waals surface area contributed by atoms with E-state index in [4.69, 9.17) is 37.9 Å². The number of esters is 6. The molecule has 55 heavy (non-hydrogen) atoms. The van der Waals surface area contributed by atoms with Crippen molar-refractivity contribution < 1.29 is 86.5 Å². The van der Waals surface area contributed by atoms with Gasteiger partial charge in [0.2, 0.25) is 0 Å². The monoisotopic (exact) mass is 780 g/mol. The maximum absolute atomic E-state index is 13.4. The van der Waals surface area contributed by atoms with Gasteiger partial charge in [0.25, 0.3) is 5.91 Å². The standard InChI is InChI=1S/C35H44N2O18/c1-11-25(40)50-34(51-26(41)12-2,52-27(42)13-3)21(7)48-19-23(38)17-36-31(46)33(9,10)37(32(36)47)18-24(39)20-49-22(8)35(53-28(43)14-4,54-29(44)15-5)55-30(45)16-6/h11-16,21-24,38-39H,1-6,17-20H2,7-10H3. The lowest BCUT2D eigenvalue weighted by Gasteiger charge is -2.35. The van der Waals surface area contributed by atoms with Gasteiger partial charge in [0.05, 0.1) is 38.5 Å². The number of carbonyl (C=O) groups excluding carboxylic acids is 8. The quantitative estimate of drug-likeness (QED) is 0.0576. The van der Waals surface area contributed by atoms with Crippen LogP contribution in [-0.4, -0.2) is 136 Å². The van der Waals surface area contributed by atoms with Crippen molar-refractivity contribution in [3.63, 3.8) is 0 Å². The molecule has 4 atom stereocenters. The van der Waals surface area contributed by atoms with Crippen LogP contribution in [0.1, 0.15) is 27.7 Å². The molecule has 1 fully saturated rings. The Balaban J connectivity index is 3.17. The summed E-state index contributed by atoms with van der Waals surface area (Å²) in [5.74, 6) is -13.8. The molecule has 0 aromatic carbocycles. The van der Waals surface area contributed by atoms with Crippen LogP contribution in [0.25, 0.3) is 0 Å². The van der Waals surface area contributed by atoms with E-state index in [0.717, 1.165) is 18.7 Å². The smallest absolute Gasteiger partial charge is 0.389 e. The zero-order valence-electron chi connectivity index (χ0n) is 30.7. The number of hydrogen-bond acceptors (Lipinski definition) is 18. The van der Waals surface area contributed by atoms with Crippen LogP contribution in [0.5, 0.6) is 0 Å². The van der Waals surface area contributed by atoms with E-state index in [2.05, 4.69) is 39.5 Å². The summed E-state index contributed by atoms with van der Waals surface area (Å²) < 4.78 is 41.1. The van der Waals surface area contributed by atoms with E-state index in [9.17, 15) is 48.6 Å². The predicted octanol–water partition coefficient (Wildman–Crippen LogP) is 0.244. The number of amides is 3. The number of rotatable bonds is 24. The molecule has 1 heterocycles. The highest BCUT2D eigenvalue weighted by atomic mass is 16.9. The van der Waals surface area contributed by atoms with Crippen molar-refractivity contribution >= 4 is 47.8 Å². The Kier molecular flexibility index (Phi) is 17.5. The fraction of sp³-hybridized carbons (Fsp3) is 0.429. The van der Waals surface area contributed by atoms with Crippen LogP contribution >= 0.6 is 0 Å². The zero-order chi connectivity index (χ0) is 42.3. The molecule has 302 valence electrons. The fourth-order valence-corrected chi connectivity index (χ4v) is 4.34. The van der Waals surface area contributed by atoms with Crippen molar-refractivity contribution in [2.45, 2.75) is 69.6 Å². The second kappa shape index (κ2) is 20.5. The molecule has 0 spiro atoms. The summed E-state index contributed by atoms with van der Waals surface area (Å²) in [6.07, 6.45) is -2.54. The Labute approximate surface area is 315 Å². The number of β-amino-alcohol motifs (C(OH)–C–C–N with tert-alkyl or cyclic N) is 2. The maximum Gasteiger partial charge on any atom is 0.451 e. The zero-order valence-corrected chi connectivity index (χ0v) is 30.7. The van der Waals surface area contributed by atoms with E-state index in [1.165, 1.54) is 13.8 Å². The molecule has 4 unspecified atom stereocenters. The van der Waals surface area contributed by atoms with E-state index < -0.39 is 116 Å². The van der Waals surface area contributed by atoms with Gasteiger partial charge >= 0.3 is 53.8 Å². The molecule has 1 saturated heterocycles. The van der Waals surface area contributed by atoms with Crippen molar-refractivity contribution in [1.29, 1.82) is 0 Å². The average Bonchev–Trinajstić information content (AvgIpc) is 3.29. The van der Waals surface area contributed by atoms with E-state index in [1.807, 2.05) is 0 Å². The number of hydrogen-bond donors (Lipinski definition) is 2. The Morgan fingerprint density at radius 2 is 0.873 bits per heavy atom. The topological polar surface area (TPSA) is 257 Å². The molecule has 0 bridgehead atoms. The van der Waals surface area contributed by atoms with Crippen LogP contribution in [0.2, 0.25) is 0 Å². The largest absolute Gasteiger partial charge is 0.451 e. The lowest BCUT2D eigenvalue weighted by Crippen LogP contribution is -2.54. The predicted molar refractivity (Wildman–Crippen MR) is 184 cm³/mol. The van der Waals surface area contributed by atoms with Crippen molar-refractivity contribution in [1.82, 2.24) is 9.80 Å². The molecule has 0 aromatic heterocycles. The third-order valence-electron chi connectivity index (χ3n) is 7.22. The lowest BCUT2D eigenvalue weighted by atomic mass is 10.0. The Bertz CT molecular complexity index is 1460. The molecule has 0 radical (unpaired) electrons. The van der Waals surface area contributed by atoms with Crippen molar-refractivity contribution in [3.05, 3.63) is 75.9 Å². The van der Waals surface area contributed by atoms with Crippen molar-refractivity contribution in [2.75, 3.05) is 26.3 Å². The summed E-state index contributed by atoms with van der Waals surface area (Å²) >= 11 is 0. The molecule has 0 aromatic rings. The third-order valence-corrected chi connectivity index (χ3v) is 7.22. The van der Waals surface area contributed by atoms with Crippen LogP contribution in [-0.2, 0) is 71.5 Å². The molecule has 0 aliphatic carbocycles. The molecule has 1 aliphatic heterocycles. The average molecular weight is 781 g/mol. The van der Waals surface area contributed by atoms with Crippen LogP contribution in [0, 0.1) is 0 Å². The maximum atomic E-state index is 13.4. The molecular formula is C35H44N2O18. The van der Waals surface area contributed by atoms with Gasteiger partial charge < -0.3 is 53.0 Å². The first-order valence-corrected chi connectivity index (χ1v) is 16.0. The van der Waals surface area contributed by atoms with Crippen LogP contribution in [0.4, 0.5) is 4.79 Å². The minimum Gasteiger partial charge on any atom is -0.389 e. The second-order valence-corrected chi connectivity index (χ2v) is 11.6. The molecule has 20 nitrogen and oxygen atoms in total. The Morgan fingerprint density at radius 3 is 1.15 bits per heavy atom. The van der Waals surface area contributed by atoms with Gasteiger partial charge in [-0.2, -0.15) is 0 Å². The summed E-state index contributed by atoms with van der Waals surface area (Å²) in [6.45, 7) is 21.6. The van der Waals surface area contributed by atoms with Gasteiger partial charge in [-0.1, -0.05) is 39.5 Å². The van der Waals surface area contributed by atoms with Gasteiger partial charge in [-0.05, 0) is 27.7 Å². The lowest BCUT2D eigenvalue weighted by molar-refractivity contribution is -0.363. The van der Waals surface area contributed by atoms with E-state index in [1.54, 1.807) is 0 Å². The van der Waals surface area contributed by atoms with Crippen LogP contribution in [0.3, 0.4) is 0 Å². The summed E-state index contributed by atoms with van der Waals surface area (Å²) in [5.41, 5.74) is -1.61. The minimum absolute atomic E-state index is 0.566. The highest BCUT2D eigenvalue weighted by Crippen LogP contribution is 2.30. The van der Waals surface area contributed by atoms with E-state index in [-0.39, 0.29) is 0 Å². The number of nitrogens with zero attached hydrogens (tertiary/aromatic N) is 2. The molecule has 1 rings (SSSR count). The van der Waals surface area contributed by atoms with Gasteiger partial charge in [-0.15, -0.1) is 0 Å². The summed E-state index contributed by atoms with van der Waals surface area (Å²) in [4.78, 5) is 101. The van der Waals surface area contributed by atoms with Gasteiger partial charge in [0.15, 0.2) is 12.2 Å². The van der Waals surface area contributed by atoms with Crippen LogP contribution < -0.4 is 0 Å². The first-order chi connectivity index (χ1) is 25.6. The van der Waals surface area contributed by atoms with Crippen molar-refractivity contribution in [2.24, 2.45) is 0 Å². The molecular weight excluding hydrogens is 736 g/mol. The number of carbonyl (C=O) groups is 8. The molecule has 0 saturated carbocycles. The number of aliphatic hydroxyl groups excluding tert-OH is 2. The van der Waals surface area contributed by atoms with Crippen molar-refractivity contribution in [3.8, 4) is 0 Å². The number of aliphatic hydroxyl groups is 2. The Morgan fingerprint density at radius 1 is 0.600 bits per heavy atom.